The van der Waals surface area contributed by atoms with Crippen LogP contribution in [-0.2, 0) is 64.6 Å². The van der Waals surface area contributed by atoms with Gasteiger partial charge in [-0.1, -0.05) is 44.2 Å². The number of rotatable bonds is 23. The molecule has 1 heterocycles. The van der Waals surface area contributed by atoms with Gasteiger partial charge in [0.1, 0.15) is 17.9 Å². The summed E-state index contributed by atoms with van der Waals surface area (Å²) in [6.07, 6.45) is 5.89. The number of esters is 3. The Morgan fingerprint density at radius 2 is 1.60 bits per heavy atom. The maximum absolute atomic E-state index is 13.7. The molecule has 0 saturated carbocycles. The number of methoxy groups -OCH3 is 1. The van der Waals surface area contributed by atoms with Crippen molar-refractivity contribution >= 4 is 41.5 Å². The summed E-state index contributed by atoms with van der Waals surface area (Å²) in [6, 6.07) is 6.97. The normalized spacial score (nSPS) is 13.5. The molecule has 2 aromatic rings. The molecule has 0 unspecified atom stereocenters. The first kappa shape index (κ1) is 42.3. The predicted octanol–water partition coefficient (Wildman–Crippen LogP) is 3.13. The van der Waals surface area contributed by atoms with Gasteiger partial charge >= 0.3 is 17.9 Å². The lowest BCUT2D eigenvalue weighted by molar-refractivity contribution is -0.155. The third kappa shape index (κ3) is 14.1. The third-order valence-electron chi connectivity index (χ3n) is 8.25. The minimum absolute atomic E-state index is 0.0290. The Bertz CT molecular complexity index is 1370. The van der Waals surface area contributed by atoms with Gasteiger partial charge in [0.25, 0.3) is 0 Å². The first-order valence-corrected chi connectivity index (χ1v) is 18.6. The minimum atomic E-state index is -0.931. The van der Waals surface area contributed by atoms with E-state index in [1.165, 1.54) is 7.11 Å². The van der Waals surface area contributed by atoms with E-state index < -0.39 is 47.9 Å². The number of imidazole rings is 1. The van der Waals surface area contributed by atoms with Gasteiger partial charge in [-0.15, -0.1) is 0 Å². The monoisotopic (exact) mass is 717 g/mol. The number of aryl methyl sites for hydroxylation is 1. The molecule has 0 aliphatic heterocycles. The maximum Gasteiger partial charge on any atom is 0.328 e. The van der Waals surface area contributed by atoms with Crippen LogP contribution in [0.1, 0.15) is 70.5 Å². The number of ether oxygens (including phenoxy) is 3. The fraction of sp³-hybridized carbons (Fsp3) is 0.611. The van der Waals surface area contributed by atoms with Gasteiger partial charge in [-0.2, -0.15) is 11.8 Å². The molecule has 0 spiro atoms. The molecule has 0 fully saturated rings. The van der Waals surface area contributed by atoms with Crippen molar-refractivity contribution in [3.63, 3.8) is 0 Å². The van der Waals surface area contributed by atoms with E-state index in [2.05, 4.69) is 20.9 Å². The summed E-state index contributed by atoms with van der Waals surface area (Å²) in [5.74, 6) is -1.45. The van der Waals surface area contributed by atoms with Crippen LogP contribution in [0, 0.1) is 11.8 Å². The molecule has 50 heavy (non-hydrogen) atoms. The second-order valence-electron chi connectivity index (χ2n) is 12.3. The highest BCUT2D eigenvalue weighted by Crippen LogP contribution is 2.18. The lowest BCUT2D eigenvalue weighted by atomic mass is 9.98. The average molecular weight is 718 g/mol. The van der Waals surface area contributed by atoms with Gasteiger partial charge in [-0.05, 0) is 56.6 Å². The lowest BCUT2D eigenvalue weighted by Gasteiger charge is -2.26. The third-order valence-corrected chi connectivity index (χ3v) is 8.90. The maximum atomic E-state index is 13.7. The van der Waals surface area contributed by atoms with Gasteiger partial charge in [0.15, 0.2) is 0 Å². The molecule has 0 saturated heterocycles. The average Bonchev–Trinajstić information content (AvgIpc) is 3.44. The van der Waals surface area contributed by atoms with Crippen molar-refractivity contribution in [2.45, 2.75) is 90.9 Å². The molecular weight excluding hydrogens is 662 g/mol. The van der Waals surface area contributed by atoms with Gasteiger partial charge in [0.05, 0.1) is 44.4 Å². The van der Waals surface area contributed by atoms with Crippen LogP contribution >= 0.6 is 11.8 Å². The van der Waals surface area contributed by atoms with E-state index in [1.54, 1.807) is 31.8 Å². The number of amides is 2. The molecule has 13 nitrogen and oxygen atoms in total. The zero-order valence-electron chi connectivity index (χ0n) is 30.5. The number of nitrogens with one attached hydrogen (secondary N) is 3. The standard InChI is InChI=1S/C36H55N5O8S/c1-8-48-31(42)21-26(35(45)49-9-2)16-13-17-30-37-22-27(41(30)5)23-38-32(24(3)4)34(44)40-29(20-25-14-11-10-12-15-25)33(43)39-28(18-19-50-7)36(46)47-6/h10-12,14-15,22,24,26,28-29,32,38H,8-9,13,16-21,23H2,1-7H3,(H,39,43)(H,40,44)/t26-,28+,29+,32+/m1/s1. The lowest BCUT2D eigenvalue weighted by Crippen LogP contribution is -2.57. The Balaban J connectivity index is 2.11. The van der Waals surface area contributed by atoms with Crippen LogP contribution in [-0.4, -0.2) is 89.7 Å². The van der Waals surface area contributed by atoms with Crippen LogP contribution in [0.15, 0.2) is 36.5 Å². The van der Waals surface area contributed by atoms with Crippen LogP contribution in [0.25, 0.3) is 0 Å². The largest absolute Gasteiger partial charge is 0.467 e. The van der Waals surface area contributed by atoms with Crippen molar-refractivity contribution in [3.05, 3.63) is 53.6 Å². The zero-order valence-corrected chi connectivity index (χ0v) is 31.3. The van der Waals surface area contributed by atoms with Gasteiger partial charge in [0.2, 0.25) is 11.8 Å². The van der Waals surface area contributed by atoms with E-state index in [0.717, 1.165) is 17.1 Å². The van der Waals surface area contributed by atoms with E-state index in [-0.39, 0.29) is 37.9 Å². The minimum Gasteiger partial charge on any atom is -0.467 e. The highest BCUT2D eigenvalue weighted by molar-refractivity contribution is 7.98. The molecular formula is C36H55N5O8S. The number of nitrogens with zero attached hydrogens (tertiary/aromatic N) is 2. The molecule has 2 rings (SSSR count). The number of aromatic nitrogens is 2. The van der Waals surface area contributed by atoms with Crippen molar-refractivity contribution in [3.8, 4) is 0 Å². The predicted molar refractivity (Wildman–Crippen MR) is 192 cm³/mol. The van der Waals surface area contributed by atoms with Crippen molar-refractivity contribution in [1.29, 1.82) is 0 Å². The summed E-state index contributed by atoms with van der Waals surface area (Å²) in [4.78, 5) is 68.8. The number of thioether (sulfide) groups is 1. The first-order chi connectivity index (χ1) is 23.9. The number of carbonyl (C=O) groups is 5. The summed E-state index contributed by atoms with van der Waals surface area (Å²) >= 11 is 1.55. The van der Waals surface area contributed by atoms with Gasteiger partial charge in [-0.25, -0.2) is 9.78 Å². The molecule has 0 radical (unpaired) electrons. The van der Waals surface area contributed by atoms with E-state index in [1.807, 2.05) is 62.0 Å². The highest BCUT2D eigenvalue weighted by Gasteiger charge is 2.31. The number of carbonyl (C=O) groups excluding carboxylic acids is 5. The summed E-state index contributed by atoms with van der Waals surface area (Å²) in [7, 11) is 3.17. The van der Waals surface area contributed by atoms with Crippen LogP contribution in [0.3, 0.4) is 0 Å². The topological polar surface area (TPSA) is 167 Å². The zero-order chi connectivity index (χ0) is 37.1. The number of hydrogen-bond acceptors (Lipinski definition) is 11. The molecule has 0 aliphatic carbocycles. The molecule has 278 valence electrons. The van der Waals surface area contributed by atoms with Crippen molar-refractivity contribution in [1.82, 2.24) is 25.5 Å². The van der Waals surface area contributed by atoms with Gasteiger partial charge in [-0.3, -0.25) is 24.5 Å². The summed E-state index contributed by atoms with van der Waals surface area (Å²) in [5, 5.41) is 9.06. The van der Waals surface area contributed by atoms with Crippen LogP contribution in [0.2, 0.25) is 0 Å². The Hall–Kier alpha value is -3.91. The van der Waals surface area contributed by atoms with E-state index in [9.17, 15) is 24.0 Å². The second kappa shape index (κ2) is 22.7. The van der Waals surface area contributed by atoms with Crippen molar-refractivity contribution in [2.24, 2.45) is 18.9 Å². The van der Waals surface area contributed by atoms with Crippen molar-refractivity contribution < 1.29 is 38.2 Å². The first-order valence-electron chi connectivity index (χ1n) is 17.2. The molecule has 0 bridgehead atoms. The number of hydrogen-bond donors (Lipinski definition) is 3. The van der Waals surface area contributed by atoms with Crippen LogP contribution in [0.5, 0.6) is 0 Å². The molecule has 1 aromatic heterocycles. The molecule has 3 N–H and O–H groups in total. The quantitative estimate of drug-likeness (QED) is 0.114. The Labute approximate surface area is 300 Å². The molecule has 2 amide bonds. The Morgan fingerprint density at radius 1 is 0.920 bits per heavy atom. The summed E-state index contributed by atoms with van der Waals surface area (Å²) in [5.41, 5.74) is 1.71. The fourth-order valence-electron chi connectivity index (χ4n) is 5.44. The summed E-state index contributed by atoms with van der Waals surface area (Å²) in [6.45, 7) is 8.11. The van der Waals surface area contributed by atoms with Crippen molar-refractivity contribution in [2.75, 3.05) is 32.3 Å². The fourth-order valence-corrected chi connectivity index (χ4v) is 5.91. The Morgan fingerprint density at radius 3 is 2.22 bits per heavy atom. The molecule has 14 heteroatoms. The smallest absolute Gasteiger partial charge is 0.328 e. The Kier molecular flexibility index (Phi) is 19.2. The van der Waals surface area contributed by atoms with E-state index in [4.69, 9.17) is 14.2 Å². The molecule has 0 aliphatic rings. The SMILES string of the molecule is CCOC(=O)C[C@@H](CCCc1ncc(CN[C@H](C(=O)N[C@@H](Cc2ccccc2)C(=O)N[C@@H](CCSC)C(=O)OC)C(C)C)n1C)C(=O)OCC. The molecule has 4 atom stereocenters. The van der Waals surface area contributed by atoms with Crippen LogP contribution < -0.4 is 16.0 Å². The summed E-state index contributed by atoms with van der Waals surface area (Å²) < 4.78 is 17.1. The second-order valence-corrected chi connectivity index (χ2v) is 13.3. The van der Waals surface area contributed by atoms with E-state index in [0.29, 0.717) is 38.0 Å². The van der Waals surface area contributed by atoms with Gasteiger partial charge in [0, 0.05) is 32.6 Å². The molecule has 1 aromatic carbocycles. The highest BCUT2D eigenvalue weighted by atomic mass is 32.2. The number of benzene rings is 1. The van der Waals surface area contributed by atoms with Crippen LogP contribution in [0.4, 0.5) is 0 Å². The van der Waals surface area contributed by atoms with Gasteiger partial charge < -0.3 is 29.4 Å². The van der Waals surface area contributed by atoms with E-state index >= 15 is 0 Å².